The summed E-state index contributed by atoms with van der Waals surface area (Å²) in [4.78, 5) is 26.8. The molecule has 0 saturated carbocycles. The van der Waals surface area contributed by atoms with Crippen LogP contribution in [0.1, 0.15) is 0 Å². The smallest absolute Gasteiger partial charge is 0.322 e. The van der Waals surface area contributed by atoms with Crippen LogP contribution >= 0.6 is 11.6 Å². The Hall–Kier alpha value is -3.20. The van der Waals surface area contributed by atoms with Crippen LogP contribution in [0.4, 0.5) is 21.9 Å². The van der Waals surface area contributed by atoms with Gasteiger partial charge in [0.25, 0.3) is 5.69 Å². The monoisotopic (exact) mass is 420 g/mol. The fraction of sp³-hybridized carbons (Fsp3) is 0.316. The number of carbonyl (C=O) groups excluding carboxylic acids is 1. The Morgan fingerprint density at radius 1 is 1.10 bits per heavy atom. The average Bonchev–Trinajstić information content (AvgIpc) is 2.75. The molecule has 1 saturated heterocycles. The SMILES string of the molecule is COc1cc(Cl)c(NC(=O)N2CCN(c3ccc([N+](=O)[O-])cc3)CC2)c(OC)c1. The predicted octanol–water partition coefficient (Wildman–Crippen LogP) is 3.62. The molecule has 2 aromatic rings. The van der Waals surface area contributed by atoms with Crippen molar-refractivity contribution in [1.82, 2.24) is 4.90 Å². The van der Waals surface area contributed by atoms with E-state index in [1.165, 1.54) is 26.4 Å². The highest BCUT2D eigenvalue weighted by atomic mass is 35.5. The maximum absolute atomic E-state index is 12.7. The Morgan fingerprint density at radius 3 is 2.31 bits per heavy atom. The van der Waals surface area contributed by atoms with Gasteiger partial charge in [-0.2, -0.15) is 0 Å². The van der Waals surface area contributed by atoms with Gasteiger partial charge < -0.3 is 24.6 Å². The Balaban J connectivity index is 1.62. The second kappa shape index (κ2) is 8.87. The Bertz CT molecular complexity index is 898. The third-order valence-corrected chi connectivity index (χ3v) is 5.01. The van der Waals surface area contributed by atoms with E-state index in [0.717, 1.165) is 5.69 Å². The highest BCUT2D eigenvalue weighted by molar-refractivity contribution is 6.34. The molecule has 1 aliphatic heterocycles. The van der Waals surface area contributed by atoms with Gasteiger partial charge in [-0.15, -0.1) is 0 Å². The summed E-state index contributed by atoms with van der Waals surface area (Å²) in [6.07, 6.45) is 0. The molecule has 1 heterocycles. The maximum atomic E-state index is 12.7. The number of amides is 2. The molecule has 154 valence electrons. The molecule has 9 nitrogen and oxygen atoms in total. The van der Waals surface area contributed by atoms with Gasteiger partial charge in [0, 0.05) is 56.1 Å². The second-order valence-corrected chi connectivity index (χ2v) is 6.77. The van der Waals surface area contributed by atoms with Gasteiger partial charge in [-0.3, -0.25) is 10.1 Å². The average molecular weight is 421 g/mol. The predicted molar refractivity (Wildman–Crippen MR) is 110 cm³/mol. The highest BCUT2D eigenvalue weighted by Gasteiger charge is 2.23. The van der Waals surface area contributed by atoms with Gasteiger partial charge in [0.05, 0.1) is 24.2 Å². The van der Waals surface area contributed by atoms with E-state index in [-0.39, 0.29) is 11.7 Å². The van der Waals surface area contributed by atoms with Crippen LogP contribution in [0, 0.1) is 10.1 Å². The minimum atomic E-state index is -0.426. The zero-order valence-electron chi connectivity index (χ0n) is 16.1. The van der Waals surface area contributed by atoms with Crippen LogP contribution in [0.5, 0.6) is 11.5 Å². The number of nitrogens with one attached hydrogen (secondary N) is 1. The van der Waals surface area contributed by atoms with Gasteiger partial charge in [-0.25, -0.2) is 4.79 Å². The van der Waals surface area contributed by atoms with E-state index in [9.17, 15) is 14.9 Å². The standard InChI is InChI=1S/C19H21ClN4O5/c1-28-15-11-16(20)18(17(12-15)29-2)21-19(25)23-9-7-22(8-10-23)13-3-5-14(6-4-13)24(26)27/h3-6,11-12H,7-10H2,1-2H3,(H,21,25). The van der Waals surface area contributed by atoms with Crippen LogP contribution in [-0.4, -0.2) is 56.3 Å². The van der Waals surface area contributed by atoms with E-state index < -0.39 is 4.92 Å². The van der Waals surface area contributed by atoms with Gasteiger partial charge in [0.1, 0.15) is 17.2 Å². The van der Waals surface area contributed by atoms with Crippen molar-refractivity contribution in [2.75, 3.05) is 50.6 Å². The summed E-state index contributed by atoms with van der Waals surface area (Å²) in [5.74, 6) is 0.939. The minimum absolute atomic E-state index is 0.0529. The molecular formula is C19H21ClN4O5. The second-order valence-electron chi connectivity index (χ2n) is 6.36. The van der Waals surface area contributed by atoms with E-state index in [0.29, 0.717) is 48.4 Å². The maximum Gasteiger partial charge on any atom is 0.322 e. The van der Waals surface area contributed by atoms with E-state index in [2.05, 4.69) is 10.2 Å². The van der Waals surface area contributed by atoms with Crippen LogP contribution in [0.15, 0.2) is 36.4 Å². The summed E-state index contributed by atoms with van der Waals surface area (Å²) in [6, 6.07) is 9.36. The topological polar surface area (TPSA) is 97.2 Å². The number of hydrogen-bond donors (Lipinski definition) is 1. The van der Waals surface area contributed by atoms with Crippen molar-refractivity contribution in [3.05, 3.63) is 51.5 Å². The molecule has 0 bridgehead atoms. The summed E-state index contributed by atoms with van der Waals surface area (Å²) in [5, 5.41) is 13.9. The van der Waals surface area contributed by atoms with Gasteiger partial charge in [0.2, 0.25) is 0 Å². The quantitative estimate of drug-likeness (QED) is 0.586. The Morgan fingerprint density at radius 2 is 1.76 bits per heavy atom. The van der Waals surface area contributed by atoms with Crippen molar-refractivity contribution < 1.29 is 19.2 Å². The lowest BCUT2D eigenvalue weighted by Crippen LogP contribution is -2.50. The van der Waals surface area contributed by atoms with Crippen LogP contribution < -0.4 is 19.7 Å². The number of hydrogen-bond acceptors (Lipinski definition) is 6. The zero-order valence-corrected chi connectivity index (χ0v) is 16.8. The number of anilines is 2. The molecule has 3 rings (SSSR count). The first kappa shape index (κ1) is 20.5. The van der Waals surface area contributed by atoms with E-state index in [1.54, 1.807) is 29.2 Å². The van der Waals surface area contributed by atoms with Crippen molar-refractivity contribution in [3.8, 4) is 11.5 Å². The molecule has 10 heteroatoms. The van der Waals surface area contributed by atoms with Crippen molar-refractivity contribution >= 4 is 34.7 Å². The lowest BCUT2D eigenvalue weighted by atomic mass is 10.2. The summed E-state index contributed by atoms with van der Waals surface area (Å²) in [7, 11) is 3.01. The zero-order chi connectivity index (χ0) is 21.0. The number of nitrogens with zero attached hydrogens (tertiary/aromatic N) is 3. The summed E-state index contributed by atoms with van der Waals surface area (Å²) >= 11 is 6.26. The summed E-state index contributed by atoms with van der Waals surface area (Å²) in [6.45, 7) is 2.22. The molecule has 29 heavy (non-hydrogen) atoms. The van der Waals surface area contributed by atoms with Gasteiger partial charge in [0.15, 0.2) is 0 Å². The summed E-state index contributed by atoms with van der Waals surface area (Å²) < 4.78 is 10.5. The number of methoxy groups -OCH3 is 2. The first-order valence-electron chi connectivity index (χ1n) is 8.89. The molecule has 1 aliphatic rings. The number of nitro benzene ring substituents is 1. The fourth-order valence-corrected chi connectivity index (χ4v) is 3.34. The molecule has 1 fully saturated rings. The molecular weight excluding hydrogens is 400 g/mol. The third-order valence-electron chi connectivity index (χ3n) is 4.71. The van der Waals surface area contributed by atoms with Crippen molar-refractivity contribution in [2.24, 2.45) is 0 Å². The molecule has 0 aliphatic carbocycles. The van der Waals surface area contributed by atoms with E-state index in [4.69, 9.17) is 21.1 Å². The van der Waals surface area contributed by atoms with Crippen LogP contribution in [0.25, 0.3) is 0 Å². The Kier molecular flexibility index (Phi) is 6.28. The largest absolute Gasteiger partial charge is 0.497 e. The lowest BCUT2D eigenvalue weighted by Gasteiger charge is -2.36. The third kappa shape index (κ3) is 4.62. The summed E-state index contributed by atoms with van der Waals surface area (Å²) in [5.41, 5.74) is 1.32. The van der Waals surface area contributed by atoms with Crippen molar-refractivity contribution in [3.63, 3.8) is 0 Å². The number of piperazine rings is 1. The minimum Gasteiger partial charge on any atom is -0.497 e. The molecule has 1 N–H and O–H groups in total. The number of nitro groups is 1. The number of carbonyl (C=O) groups is 1. The molecule has 2 aromatic carbocycles. The normalized spacial score (nSPS) is 13.8. The number of halogens is 1. The van der Waals surface area contributed by atoms with Crippen LogP contribution in [0.2, 0.25) is 5.02 Å². The number of urea groups is 1. The number of benzene rings is 2. The van der Waals surface area contributed by atoms with E-state index >= 15 is 0 Å². The number of ether oxygens (including phenoxy) is 2. The first-order valence-corrected chi connectivity index (χ1v) is 9.27. The van der Waals surface area contributed by atoms with Gasteiger partial charge >= 0.3 is 6.03 Å². The highest BCUT2D eigenvalue weighted by Crippen LogP contribution is 2.37. The van der Waals surface area contributed by atoms with Crippen molar-refractivity contribution in [2.45, 2.75) is 0 Å². The Labute approximate surface area is 172 Å². The molecule has 0 unspecified atom stereocenters. The molecule has 0 atom stereocenters. The first-order chi connectivity index (χ1) is 13.9. The number of non-ortho nitro benzene ring substituents is 1. The fourth-order valence-electron chi connectivity index (χ4n) is 3.10. The molecule has 0 radical (unpaired) electrons. The lowest BCUT2D eigenvalue weighted by molar-refractivity contribution is -0.384. The van der Waals surface area contributed by atoms with Gasteiger partial charge in [-0.1, -0.05) is 11.6 Å². The van der Waals surface area contributed by atoms with Crippen molar-refractivity contribution in [1.29, 1.82) is 0 Å². The molecule has 2 amide bonds. The molecule has 0 spiro atoms. The molecule has 0 aromatic heterocycles. The van der Waals surface area contributed by atoms with Crippen LogP contribution in [-0.2, 0) is 0 Å². The number of rotatable bonds is 5. The van der Waals surface area contributed by atoms with Crippen LogP contribution in [0.3, 0.4) is 0 Å². The van der Waals surface area contributed by atoms with E-state index in [1.807, 2.05) is 0 Å². The van der Waals surface area contributed by atoms with Gasteiger partial charge in [-0.05, 0) is 12.1 Å².